The molecule has 0 spiro atoms. The first-order valence-electron chi connectivity index (χ1n) is 6.39. The van der Waals surface area contributed by atoms with Crippen molar-refractivity contribution in [3.8, 4) is 0 Å². The topological polar surface area (TPSA) is 33.1 Å². The first-order chi connectivity index (χ1) is 8.83. The Morgan fingerprint density at radius 3 is 2.47 bits per heavy atom. The number of anilines is 1. The monoisotopic (exact) mass is 276 g/mol. The zero-order valence-corrected chi connectivity index (χ0v) is 11.2. The summed E-state index contributed by atoms with van der Waals surface area (Å²) in [4.78, 5) is 1.47. The van der Waals surface area contributed by atoms with Crippen LogP contribution in [0.5, 0.6) is 0 Å². The highest BCUT2D eigenvalue weighted by atomic mass is 19.4. The molecule has 2 heterocycles. The lowest BCUT2D eigenvalue weighted by Gasteiger charge is -2.33. The zero-order valence-electron chi connectivity index (χ0n) is 11.2. The Morgan fingerprint density at radius 2 is 2.00 bits per heavy atom. The number of likely N-dealkylation sites (tertiary alicyclic amines) is 1. The molecule has 0 amide bonds. The number of hydrogen-bond acceptors (Lipinski definition) is 3. The van der Waals surface area contributed by atoms with Crippen LogP contribution in [-0.4, -0.2) is 46.5 Å². The molecule has 19 heavy (non-hydrogen) atoms. The maximum absolute atomic E-state index is 12.3. The molecule has 1 fully saturated rings. The molecular weight excluding hydrogens is 257 g/mol. The molecule has 108 valence electrons. The fraction of sp³-hybridized carbons (Fsp3) is 0.750. The molecule has 1 aromatic heterocycles. The van der Waals surface area contributed by atoms with E-state index in [0.717, 1.165) is 24.2 Å². The third kappa shape index (κ3) is 4.12. The number of alkyl halides is 3. The summed E-state index contributed by atoms with van der Waals surface area (Å²) in [7, 11) is 1.85. The maximum Gasteiger partial charge on any atom is 0.401 e. The van der Waals surface area contributed by atoms with Gasteiger partial charge in [-0.25, -0.2) is 0 Å². The van der Waals surface area contributed by atoms with E-state index in [1.807, 2.05) is 20.2 Å². The fourth-order valence-corrected chi connectivity index (χ4v) is 2.45. The number of hydrogen-bond donors (Lipinski definition) is 1. The van der Waals surface area contributed by atoms with Gasteiger partial charge in [0.2, 0.25) is 0 Å². The largest absolute Gasteiger partial charge is 0.401 e. The first-order valence-corrected chi connectivity index (χ1v) is 6.39. The average Bonchev–Trinajstić information content (AvgIpc) is 2.58. The second kappa shape index (κ2) is 5.40. The van der Waals surface area contributed by atoms with Crippen LogP contribution in [-0.2, 0) is 7.05 Å². The summed E-state index contributed by atoms with van der Waals surface area (Å²) in [6, 6.07) is 0.229. The van der Waals surface area contributed by atoms with Gasteiger partial charge in [-0.05, 0) is 19.8 Å². The Labute approximate surface area is 110 Å². The number of halogens is 3. The van der Waals surface area contributed by atoms with Gasteiger partial charge >= 0.3 is 6.18 Å². The van der Waals surface area contributed by atoms with Gasteiger partial charge in [-0.3, -0.25) is 9.58 Å². The van der Waals surface area contributed by atoms with Crippen LogP contribution >= 0.6 is 0 Å². The van der Waals surface area contributed by atoms with Crippen molar-refractivity contribution in [2.24, 2.45) is 7.05 Å². The van der Waals surface area contributed by atoms with Gasteiger partial charge in [0.05, 0.1) is 17.9 Å². The lowest BCUT2D eigenvalue weighted by atomic mass is 10.0. The predicted molar refractivity (Wildman–Crippen MR) is 67.1 cm³/mol. The maximum atomic E-state index is 12.3. The standard InChI is InChI=1S/C12H19F3N4/c1-9-11(7-18(2)17-9)16-10-3-5-19(6-4-10)8-12(13,14)15/h7,10,16H,3-6,8H2,1-2H3. The van der Waals surface area contributed by atoms with E-state index in [1.165, 1.54) is 4.90 Å². The van der Waals surface area contributed by atoms with Crippen LogP contribution < -0.4 is 5.32 Å². The number of nitrogens with zero attached hydrogens (tertiary/aromatic N) is 3. The second-order valence-electron chi connectivity index (χ2n) is 5.11. The molecule has 0 aliphatic carbocycles. The van der Waals surface area contributed by atoms with Crippen molar-refractivity contribution >= 4 is 5.69 Å². The summed E-state index contributed by atoms with van der Waals surface area (Å²) >= 11 is 0. The smallest absolute Gasteiger partial charge is 0.379 e. The van der Waals surface area contributed by atoms with Crippen molar-refractivity contribution in [2.45, 2.75) is 32.0 Å². The second-order valence-corrected chi connectivity index (χ2v) is 5.11. The van der Waals surface area contributed by atoms with Gasteiger partial charge < -0.3 is 5.32 Å². The third-order valence-electron chi connectivity index (χ3n) is 3.36. The molecule has 1 N–H and O–H groups in total. The van der Waals surface area contributed by atoms with Gasteiger partial charge in [0, 0.05) is 32.4 Å². The van der Waals surface area contributed by atoms with Gasteiger partial charge in [-0.2, -0.15) is 18.3 Å². The minimum absolute atomic E-state index is 0.229. The quantitative estimate of drug-likeness (QED) is 0.918. The summed E-state index contributed by atoms with van der Waals surface area (Å²) < 4.78 is 38.5. The molecule has 0 unspecified atom stereocenters. The summed E-state index contributed by atoms with van der Waals surface area (Å²) in [5.41, 5.74) is 1.89. The molecule has 1 aliphatic heterocycles. The Morgan fingerprint density at radius 1 is 1.37 bits per heavy atom. The number of piperidine rings is 1. The molecule has 7 heteroatoms. The van der Waals surface area contributed by atoms with E-state index >= 15 is 0 Å². The van der Waals surface area contributed by atoms with Crippen LogP contribution in [0.1, 0.15) is 18.5 Å². The summed E-state index contributed by atoms with van der Waals surface area (Å²) in [6.07, 6.45) is -0.744. The van der Waals surface area contributed by atoms with Crippen molar-refractivity contribution in [1.82, 2.24) is 14.7 Å². The Balaban J connectivity index is 1.82. The molecule has 1 aromatic rings. The highest BCUT2D eigenvalue weighted by Gasteiger charge is 2.32. The van der Waals surface area contributed by atoms with Crippen molar-refractivity contribution in [3.05, 3.63) is 11.9 Å². The highest BCUT2D eigenvalue weighted by molar-refractivity contribution is 5.46. The molecule has 1 saturated heterocycles. The minimum Gasteiger partial charge on any atom is -0.379 e. The van der Waals surface area contributed by atoms with E-state index < -0.39 is 12.7 Å². The normalized spacial score (nSPS) is 18.8. The van der Waals surface area contributed by atoms with E-state index in [-0.39, 0.29) is 6.04 Å². The van der Waals surface area contributed by atoms with Crippen LogP contribution in [0.25, 0.3) is 0 Å². The molecule has 0 aromatic carbocycles. The zero-order chi connectivity index (χ0) is 14.0. The van der Waals surface area contributed by atoms with Gasteiger partial charge in [0.15, 0.2) is 0 Å². The van der Waals surface area contributed by atoms with Crippen LogP contribution in [0.15, 0.2) is 6.20 Å². The Bertz CT molecular complexity index is 419. The molecule has 4 nitrogen and oxygen atoms in total. The van der Waals surface area contributed by atoms with E-state index in [4.69, 9.17) is 0 Å². The van der Waals surface area contributed by atoms with Crippen molar-refractivity contribution in [2.75, 3.05) is 25.0 Å². The SMILES string of the molecule is Cc1nn(C)cc1NC1CCN(CC(F)(F)F)CC1. The lowest BCUT2D eigenvalue weighted by molar-refractivity contribution is -0.147. The fourth-order valence-electron chi connectivity index (χ4n) is 2.45. The Kier molecular flexibility index (Phi) is 4.03. The van der Waals surface area contributed by atoms with E-state index in [2.05, 4.69) is 10.4 Å². The molecule has 1 aliphatic rings. The lowest BCUT2D eigenvalue weighted by Crippen LogP contribution is -2.43. The van der Waals surface area contributed by atoms with Crippen LogP contribution in [0.2, 0.25) is 0 Å². The van der Waals surface area contributed by atoms with Crippen LogP contribution in [0.4, 0.5) is 18.9 Å². The van der Waals surface area contributed by atoms with E-state index in [1.54, 1.807) is 4.68 Å². The van der Waals surface area contributed by atoms with Crippen LogP contribution in [0.3, 0.4) is 0 Å². The number of rotatable bonds is 3. The average molecular weight is 276 g/mol. The van der Waals surface area contributed by atoms with Gasteiger partial charge in [0.25, 0.3) is 0 Å². The highest BCUT2D eigenvalue weighted by Crippen LogP contribution is 2.22. The van der Waals surface area contributed by atoms with Gasteiger partial charge in [0.1, 0.15) is 0 Å². The van der Waals surface area contributed by atoms with Crippen molar-refractivity contribution in [3.63, 3.8) is 0 Å². The van der Waals surface area contributed by atoms with E-state index in [0.29, 0.717) is 13.1 Å². The molecule has 0 atom stereocenters. The predicted octanol–water partition coefficient (Wildman–Crippen LogP) is 2.17. The molecular formula is C12H19F3N4. The summed E-state index contributed by atoms with van der Waals surface area (Å²) in [5, 5.41) is 7.60. The third-order valence-corrected chi connectivity index (χ3v) is 3.36. The molecule has 0 bridgehead atoms. The number of aromatic nitrogens is 2. The van der Waals surface area contributed by atoms with Gasteiger partial charge in [-0.15, -0.1) is 0 Å². The molecule has 0 saturated carbocycles. The first kappa shape index (κ1) is 14.2. The summed E-state index contributed by atoms with van der Waals surface area (Å²) in [6.45, 7) is 2.08. The van der Waals surface area contributed by atoms with Gasteiger partial charge in [-0.1, -0.05) is 0 Å². The van der Waals surface area contributed by atoms with E-state index in [9.17, 15) is 13.2 Å². The van der Waals surface area contributed by atoms with Crippen molar-refractivity contribution < 1.29 is 13.2 Å². The molecule has 0 radical (unpaired) electrons. The van der Waals surface area contributed by atoms with Crippen LogP contribution in [0, 0.1) is 6.92 Å². The van der Waals surface area contributed by atoms with Crippen molar-refractivity contribution in [1.29, 1.82) is 0 Å². The minimum atomic E-state index is -4.10. The summed E-state index contributed by atoms with van der Waals surface area (Å²) in [5.74, 6) is 0. The number of aryl methyl sites for hydroxylation is 2. The Hall–Kier alpha value is -1.24. The molecule has 2 rings (SSSR count). The number of nitrogens with one attached hydrogen (secondary N) is 1.